The molecule has 0 aromatic rings. The number of rotatable bonds is 8. The number of halogens is 1. The van der Waals surface area contributed by atoms with Gasteiger partial charge in [0.2, 0.25) is 5.91 Å². The van der Waals surface area contributed by atoms with E-state index < -0.39 is 0 Å². The summed E-state index contributed by atoms with van der Waals surface area (Å²) >= 11 is 3.18. The molecule has 0 atom stereocenters. The van der Waals surface area contributed by atoms with Gasteiger partial charge in [-0.3, -0.25) is 4.79 Å². The van der Waals surface area contributed by atoms with E-state index in [-0.39, 0.29) is 5.91 Å². The van der Waals surface area contributed by atoms with Crippen molar-refractivity contribution in [1.29, 1.82) is 0 Å². The van der Waals surface area contributed by atoms with E-state index in [9.17, 15) is 4.79 Å². The fraction of sp³-hybridized carbons (Fsp3) is 0.875. The summed E-state index contributed by atoms with van der Waals surface area (Å²) in [5.41, 5.74) is 0. The second-order valence-electron chi connectivity index (χ2n) is 2.39. The zero-order chi connectivity index (χ0) is 9.94. The van der Waals surface area contributed by atoms with E-state index in [1.807, 2.05) is 0 Å². The first-order valence-corrected chi connectivity index (χ1v) is 5.32. The zero-order valence-corrected chi connectivity index (χ0v) is 9.43. The lowest BCUT2D eigenvalue weighted by Gasteiger charge is -2.04. The summed E-state index contributed by atoms with van der Waals surface area (Å²) in [6.07, 6.45) is 0.512. The molecule has 5 heteroatoms. The van der Waals surface area contributed by atoms with Gasteiger partial charge in [-0.25, -0.2) is 0 Å². The maximum atomic E-state index is 10.9. The molecule has 0 fully saturated rings. The molecule has 78 valence electrons. The zero-order valence-electron chi connectivity index (χ0n) is 7.85. The Hall–Kier alpha value is -0.130. The molecule has 0 rings (SSSR count). The van der Waals surface area contributed by atoms with Crippen LogP contribution < -0.4 is 5.32 Å². The Labute approximate surface area is 87.1 Å². The Kier molecular flexibility index (Phi) is 9.85. The molecule has 0 bridgehead atoms. The highest BCUT2D eigenvalue weighted by atomic mass is 79.9. The molecular weight excluding hydrogens is 238 g/mol. The van der Waals surface area contributed by atoms with Gasteiger partial charge in [0.25, 0.3) is 0 Å². The number of hydrogen-bond acceptors (Lipinski definition) is 3. The monoisotopic (exact) mass is 253 g/mol. The van der Waals surface area contributed by atoms with Crippen LogP contribution >= 0.6 is 15.9 Å². The minimum atomic E-state index is 0.0483. The molecule has 0 saturated heterocycles. The lowest BCUT2D eigenvalue weighted by Crippen LogP contribution is -2.27. The lowest BCUT2D eigenvalue weighted by atomic mass is 10.4. The Bertz CT molecular complexity index is 133. The first kappa shape index (κ1) is 12.9. The van der Waals surface area contributed by atoms with Gasteiger partial charge in [0, 0.05) is 25.4 Å². The Morgan fingerprint density at radius 1 is 1.38 bits per heavy atom. The molecule has 0 aliphatic heterocycles. The van der Waals surface area contributed by atoms with Crippen molar-refractivity contribution < 1.29 is 14.3 Å². The van der Waals surface area contributed by atoms with Gasteiger partial charge in [0.15, 0.2) is 0 Å². The second-order valence-corrected chi connectivity index (χ2v) is 3.19. The van der Waals surface area contributed by atoms with Crippen LogP contribution in [0.25, 0.3) is 0 Å². The van der Waals surface area contributed by atoms with Crippen molar-refractivity contribution in [2.24, 2.45) is 0 Å². The molecule has 4 nitrogen and oxygen atoms in total. The van der Waals surface area contributed by atoms with Crippen LogP contribution in [0.3, 0.4) is 0 Å². The number of hydrogen-bond donors (Lipinski definition) is 1. The molecule has 0 aliphatic rings. The van der Waals surface area contributed by atoms with Gasteiger partial charge in [0.1, 0.15) is 0 Å². The first-order chi connectivity index (χ1) is 6.31. The fourth-order valence-corrected chi connectivity index (χ4v) is 1.04. The van der Waals surface area contributed by atoms with E-state index in [0.717, 1.165) is 0 Å². The summed E-state index contributed by atoms with van der Waals surface area (Å²) in [7, 11) is 1.63. The summed E-state index contributed by atoms with van der Waals surface area (Å²) in [6.45, 7) is 2.27. The predicted molar refractivity (Wildman–Crippen MR) is 54.1 cm³/mol. The van der Waals surface area contributed by atoms with E-state index in [0.29, 0.717) is 38.1 Å². The molecule has 13 heavy (non-hydrogen) atoms. The van der Waals surface area contributed by atoms with Crippen molar-refractivity contribution in [3.63, 3.8) is 0 Å². The van der Waals surface area contributed by atoms with Crippen molar-refractivity contribution in [3.05, 3.63) is 0 Å². The third-order valence-corrected chi connectivity index (χ3v) is 1.72. The SMILES string of the molecule is COCCOCCNC(=O)CCBr. The number of methoxy groups -OCH3 is 1. The van der Waals surface area contributed by atoms with Crippen LogP contribution in [0.4, 0.5) is 0 Å². The first-order valence-electron chi connectivity index (χ1n) is 4.20. The molecule has 0 aromatic heterocycles. The topological polar surface area (TPSA) is 47.6 Å². The van der Waals surface area contributed by atoms with Crippen LogP contribution in [0.2, 0.25) is 0 Å². The molecule has 0 aromatic carbocycles. The molecular formula is C8H16BrNO3. The maximum absolute atomic E-state index is 10.9. The maximum Gasteiger partial charge on any atom is 0.220 e. The van der Waals surface area contributed by atoms with Crippen LogP contribution in [0.15, 0.2) is 0 Å². The van der Waals surface area contributed by atoms with Gasteiger partial charge >= 0.3 is 0 Å². The number of ether oxygens (including phenoxy) is 2. The summed E-state index contributed by atoms with van der Waals surface area (Å²) < 4.78 is 9.94. The highest BCUT2D eigenvalue weighted by molar-refractivity contribution is 9.09. The number of amides is 1. The third-order valence-electron chi connectivity index (χ3n) is 1.32. The van der Waals surface area contributed by atoms with Crippen molar-refractivity contribution >= 4 is 21.8 Å². The van der Waals surface area contributed by atoms with E-state index in [2.05, 4.69) is 21.2 Å². The molecule has 0 saturated carbocycles. The van der Waals surface area contributed by atoms with E-state index >= 15 is 0 Å². The number of carbonyl (C=O) groups is 1. The number of carbonyl (C=O) groups excluding carboxylic acids is 1. The van der Waals surface area contributed by atoms with Crippen molar-refractivity contribution in [2.45, 2.75) is 6.42 Å². The van der Waals surface area contributed by atoms with Gasteiger partial charge in [-0.2, -0.15) is 0 Å². The van der Waals surface area contributed by atoms with Crippen molar-refractivity contribution in [1.82, 2.24) is 5.32 Å². The summed E-state index contributed by atoms with van der Waals surface area (Å²) in [6, 6.07) is 0. The molecule has 0 aliphatic carbocycles. The second kappa shape index (κ2) is 9.95. The quantitative estimate of drug-likeness (QED) is 0.508. The van der Waals surface area contributed by atoms with Gasteiger partial charge < -0.3 is 14.8 Å². The van der Waals surface area contributed by atoms with Crippen LogP contribution in [0, 0.1) is 0 Å². The Morgan fingerprint density at radius 3 is 2.77 bits per heavy atom. The van der Waals surface area contributed by atoms with E-state index in [1.54, 1.807) is 7.11 Å². The average molecular weight is 254 g/mol. The fourth-order valence-electron chi connectivity index (χ4n) is 0.681. The minimum Gasteiger partial charge on any atom is -0.382 e. The number of alkyl halides is 1. The normalized spacial score (nSPS) is 10.0. The Balaban J connectivity index is 3.02. The van der Waals surface area contributed by atoms with Crippen molar-refractivity contribution in [3.8, 4) is 0 Å². The van der Waals surface area contributed by atoms with Crippen LogP contribution in [-0.4, -0.2) is 44.7 Å². The van der Waals surface area contributed by atoms with Crippen LogP contribution in [0.5, 0.6) is 0 Å². The van der Waals surface area contributed by atoms with E-state index in [1.165, 1.54) is 0 Å². The van der Waals surface area contributed by atoms with E-state index in [4.69, 9.17) is 9.47 Å². The highest BCUT2D eigenvalue weighted by Gasteiger charge is 1.97. The van der Waals surface area contributed by atoms with Gasteiger partial charge in [0.05, 0.1) is 19.8 Å². The average Bonchev–Trinajstić information content (AvgIpc) is 2.11. The third kappa shape index (κ3) is 9.79. The summed E-state index contributed by atoms with van der Waals surface area (Å²) in [4.78, 5) is 10.9. The molecule has 0 radical (unpaired) electrons. The molecule has 1 N–H and O–H groups in total. The molecule has 1 amide bonds. The predicted octanol–water partition coefficient (Wildman–Crippen LogP) is 0.551. The van der Waals surface area contributed by atoms with Crippen LogP contribution in [-0.2, 0) is 14.3 Å². The molecule has 0 heterocycles. The summed E-state index contributed by atoms with van der Waals surface area (Å²) in [5, 5.41) is 3.42. The van der Waals surface area contributed by atoms with Gasteiger partial charge in [-0.15, -0.1) is 0 Å². The highest BCUT2D eigenvalue weighted by Crippen LogP contribution is 1.86. The number of nitrogens with one attached hydrogen (secondary N) is 1. The molecule has 0 unspecified atom stereocenters. The van der Waals surface area contributed by atoms with Crippen LogP contribution in [0.1, 0.15) is 6.42 Å². The summed E-state index contributed by atoms with van der Waals surface area (Å²) in [5.74, 6) is 0.0483. The lowest BCUT2D eigenvalue weighted by molar-refractivity contribution is -0.120. The largest absolute Gasteiger partial charge is 0.382 e. The standard InChI is InChI=1S/C8H16BrNO3/c1-12-6-7-13-5-4-10-8(11)2-3-9/h2-7H2,1H3,(H,10,11). The van der Waals surface area contributed by atoms with Gasteiger partial charge in [-0.1, -0.05) is 15.9 Å². The molecule has 0 spiro atoms. The Morgan fingerprint density at radius 2 is 2.15 bits per heavy atom. The smallest absolute Gasteiger partial charge is 0.220 e. The van der Waals surface area contributed by atoms with Gasteiger partial charge in [-0.05, 0) is 0 Å². The minimum absolute atomic E-state index is 0.0483. The van der Waals surface area contributed by atoms with Crippen molar-refractivity contribution in [2.75, 3.05) is 38.8 Å².